The van der Waals surface area contributed by atoms with Gasteiger partial charge in [0.25, 0.3) is 0 Å². The molecule has 0 aliphatic carbocycles. The Balaban J connectivity index is 1.96. The quantitative estimate of drug-likeness (QED) is 0.933. The Labute approximate surface area is 124 Å². The van der Waals surface area contributed by atoms with E-state index >= 15 is 0 Å². The summed E-state index contributed by atoms with van der Waals surface area (Å²) in [7, 11) is 0. The molecule has 2 rings (SSSR count). The fourth-order valence-corrected chi connectivity index (χ4v) is 1.90. The highest BCUT2D eigenvalue weighted by atomic mass is 16.6. The third-order valence-electron chi connectivity index (χ3n) is 2.72. The third-order valence-corrected chi connectivity index (χ3v) is 2.72. The van der Waals surface area contributed by atoms with Gasteiger partial charge in [-0.1, -0.05) is 36.4 Å². The fourth-order valence-electron chi connectivity index (χ4n) is 1.90. The van der Waals surface area contributed by atoms with Crippen LogP contribution in [0.3, 0.4) is 0 Å². The topological polar surface area (TPSA) is 51.2 Å². The van der Waals surface area contributed by atoms with Gasteiger partial charge in [-0.15, -0.1) is 0 Å². The van der Waals surface area contributed by atoms with Gasteiger partial charge in [0.15, 0.2) is 0 Å². The van der Waals surface area contributed by atoms with Crippen molar-refractivity contribution >= 4 is 23.1 Å². The number of benzene rings is 1. The summed E-state index contributed by atoms with van der Waals surface area (Å²) >= 11 is 0. The zero-order chi connectivity index (χ0) is 15.3. The summed E-state index contributed by atoms with van der Waals surface area (Å²) in [5, 5.41) is 3.79. The van der Waals surface area contributed by atoms with E-state index in [1.165, 1.54) is 0 Å². The molecule has 110 valence electrons. The van der Waals surface area contributed by atoms with Gasteiger partial charge in [0, 0.05) is 23.7 Å². The van der Waals surface area contributed by atoms with Crippen molar-refractivity contribution in [3.05, 3.63) is 48.2 Å². The largest absolute Gasteiger partial charge is 0.444 e. The molecule has 2 aromatic rings. The van der Waals surface area contributed by atoms with Crippen LogP contribution in [0.25, 0.3) is 17.0 Å². The van der Waals surface area contributed by atoms with Crippen LogP contribution in [0.1, 0.15) is 26.3 Å². The monoisotopic (exact) mass is 284 g/mol. The Morgan fingerprint density at radius 1 is 1.29 bits per heavy atom. The van der Waals surface area contributed by atoms with Crippen LogP contribution in [0.15, 0.2) is 42.6 Å². The lowest BCUT2D eigenvalue weighted by atomic mass is 10.1. The fraction of sp³-hybridized carbons (Fsp3) is 0.294. The minimum atomic E-state index is -0.479. The highest BCUT2D eigenvalue weighted by Crippen LogP contribution is 2.16. The minimum absolute atomic E-state index is 0.414. The Morgan fingerprint density at radius 3 is 2.81 bits per heavy atom. The summed E-state index contributed by atoms with van der Waals surface area (Å²) in [6.45, 7) is 5.93. The number of aromatic nitrogens is 1. The number of rotatable bonds is 3. The lowest BCUT2D eigenvalue weighted by molar-refractivity contribution is 0.0534. The smallest absolute Gasteiger partial charge is 0.407 e. The van der Waals surface area contributed by atoms with Gasteiger partial charge in [-0.2, -0.15) is 0 Å². The Hall–Kier alpha value is -2.36. The molecule has 1 heterocycles. The number of alkyl carbamates (subject to hydrolysis) is 1. The van der Waals surface area contributed by atoms with Crippen molar-refractivity contribution in [2.24, 2.45) is 0 Å². The molecule has 1 N–H and O–H groups in total. The zero-order valence-corrected chi connectivity index (χ0v) is 12.6. The number of hydrogen-bond donors (Lipinski definition) is 1. The SMILES string of the molecule is CC(C)(C)OC(=O)NCC=Cc1cccc2cccnc12. The molecule has 0 spiro atoms. The molecule has 0 radical (unpaired) electrons. The number of nitrogens with zero attached hydrogens (tertiary/aromatic N) is 1. The van der Waals surface area contributed by atoms with E-state index in [-0.39, 0.29) is 0 Å². The van der Waals surface area contributed by atoms with E-state index in [0.717, 1.165) is 16.5 Å². The molecule has 0 atom stereocenters. The van der Waals surface area contributed by atoms with Crippen LogP contribution >= 0.6 is 0 Å². The number of para-hydroxylation sites is 1. The number of nitrogens with one attached hydrogen (secondary N) is 1. The molecule has 1 aromatic carbocycles. The molecule has 0 unspecified atom stereocenters. The number of hydrogen-bond acceptors (Lipinski definition) is 3. The van der Waals surface area contributed by atoms with E-state index in [4.69, 9.17) is 4.74 Å². The maximum absolute atomic E-state index is 11.5. The lowest BCUT2D eigenvalue weighted by Gasteiger charge is -2.19. The second kappa shape index (κ2) is 6.39. The van der Waals surface area contributed by atoms with E-state index in [1.54, 1.807) is 6.20 Å². The second-order valence-electron chi connectivity index (χ2n) is 5.71. The van der Waals surface area contributed by atoms with Crippen LogP contribution in [-0.4, -0.2) is 23.2 Å². The van der Waals surface area contributed by atoms with E-state index in [9.17, 15) is 4.79 Å². The highest BCUT2D eigenvalue weighted by molar-refractivity contribution is 5.86. The molecule has 4 heteroatoms. The van der Waals surface area contributed by atoms with Crippen LogP contribution in [0.4, 0.5) is 4.79 Å². The van der Waals surface area contributed by atoms with Crippen LogP contribution in [0.2, 0.25) is 0 Å². The van der Waals surface area contributed by atoms with Crippen molar-refractivity contribution in [3.8, 4) is 0 Å². The van der Waals surface area contributed by atoms with E-state index < -0.39 is 11.7 Å². The summed E-state index contributed by atoms with van der Waals surface area (Å²) < 4.78 is 5.16. The number of ether oxygens (including phenoxy) is 1. The van der Waals surface area contributed by atoms with Crippen LogP contribution in [-0.2, 0) is 4.74 Å². The van der Waals surface area contributed by atoms with E-state index in [2.05, 4.69) is 10.3 Å². The molecule has 1 aromatic heterocycles. The van der Waals surface area contributed by atoms with Crippen molar-refractivity contribution in [2.45, 2.75) is 26.4 Å². The standard InChI is InChI=1S/C17H20N2O2/c1-17(2,3)21-16(20)19-12-6-10-14-8-4-7-13-9-5-11-18-15(13)14/h4-11H,12H2,1-3H3,(H,19,20). The van der Waals surface area contributed by atoms with E-state index in [0.29, 0.717) is 6.54 Å². The molecule has 1 amide bonds. The van der Waals surface area contributed by atoms with Crippen molar-refractivity contribution in [1.82, 2.24) is 10.3 Å². The molecular formula is C17H20N2O2. The molecule has 0 aliphatic heterocycles. The predicted octanol–water partition coefficient (Wildman–Crippen LogP) is 3.77. The Kier molecular flexibility index (Phi) is 4.58. The van der Waals surface area contributed by atoms with Gasteiger partial charge in [-0.3, -0.25) is 4.98 Å². The van der Waals surface area contributed by atoms with Crippen molar-refractivity contribution in [3.63, 3.8) is 0 Å². The first-order valence-electron chi connectivity index (χ1n) is 6.93. The van der Waals surface area contributed by atoms with Gasteiger partial charge in [-0.05, 0) is 26.8 Å². The summed E-state index contributed by atoms with van der Waals surface area (Å²) in [6, 6.07) is 9.96. The molecule has 0 saturated carbocycles. The van der Waals surface area contributed by atoms with Crippen LogP contribution in [0.5, 0.6) is 0 Å². The summed E-state index contributed by atoms with van der Waals surface area (Å²) in [5.41, 5.74) is 1.50. The zero-order valence-electron chi connectivity index (χ0n) is 12.6. The van der Waals surface area contributed by atoms with E-state index in [1.807, 2.05) is 63.3 Å². The molecule has 0 fully saturated rings. The molecule has 21 heavy (non-hydrogen) atoms. The molecule has 0 bridgehead atoms. The molecule has 4 nitrogen and oxygen atoms in total. The normalized spacial score (nSPS) is 11.8. The van der Waals surface area contributed by atoms with Gasteiger partial charge in [-0.25, -0.2) is 4.79 Å². The van der Waals surface area contributed by atoms with Crippen LogP contribution in [0, 0.1) is 0 Å². The number of pyridine rings is 1. The Bertz CT molecular complexity index is 652. The number of fused-ring (bicyclic) bond motifs is 1. The third kappa shape index (κ3) is 4.60. The highest BCUT2D eigenvalue weighted by Gasteiger charge is 2.14. The maximum atomic E-state index is 11.5. The first kappa shape index (κ1) is 15.0. The van der Waals surface area contributed by atoms with Crippen LogP contribution < -0.4 is 5.32 Å². The minimum Gasteiger partial charge on any atom is -0.444 e. The van der Waals surface area contributed by atoms with Crippen molar-refractivity contribution < 1.29 is 9.53 Å². The first-order valence-corrected chi connectivity index (χ1v) is 6.93. The molecular weight excluding hydrogens is 264 g/mol. The van der Waals surface area contributed by atoms with Gasteiger partial charge in [0.2, 0.25) is 0 Å². The predicted molar refractivity (Wildman–Crippen MR) is 85.0 cm³/mol. The molecule has 0 saturated heterocycles. The second-order valence-corrected chi connectivity index (χ2v) is 5.71. The first-order chi connectivity index (χ1) is 9.96. The summed E-state index contributed by atoms with van der Waals surface area (Å²) in [5.74, 6) is 0. The summed E-state index contributed by atoms with van der Waals surface area (Å²) in [4.78, 5) is 15.9. The van der Waals surface area contributed by atoms with Gasteiger partial charge < -0.3 is 10.1 Å². The summed E-state index contributed by atoms with van der Waals surface area (Å²) in [6.07, 6.45) is 5.20. The Morgan fingerprint density at radius 2 is 2.05 bits per heavy atom. The average molecular weight is 284 g/mol. The van der Waals surface area contributed by atoms with Crippen molar-refractivity contribution in [1.29, 1.82) is 0 Å². The molecule has 0 aliphatic rings. The van der Waals surface area contributed by atoms with Crippen molar-refractivity contribution in [2.75, 3.05) is 6.54 Å². The number of carbonyl (C=O) groups excluding carboxylic acids is 1. The van der Waals surface area contributed by atoms with Gasteiger partial charge in [0.05, 0.1) is 5.52 Å². The average Bonchev–Trinajstić information content (AvgIpc) is 2.42. The number of amides is 1. The van der Waals surface area contributed by atoms with Gasteiger partial charge >= 0.3 is 6.09 Å². The number of carbonyl (C=O) groups is 1. The lowest BCUT2D eigenvalue weighted by Crippen LogP contribution is -2.32. The van der Waals surface area contributed by atoms with Gasteiger partial charge in [0.1, 0.15) is 5.60 Å². The maximum Gasteiger partial charge on any atom is 0.407 e.